The average molecular weight is 318 g/mol. The van der Waals surface area contributed by atoms with E-state index in [1.54, 1.807) is 6.20 Å². The van der Waals surface area contributed by atoms with E-state index in [0.717, 1.165) is 16.6 Å². The van der Waals surface area contributed by atoms with Crippen molar-refractivity contribution in [2.75, 3.05) is 0 Å². The number of hydrogen-bond acceptors (Lipinski definition) is 4. The largest absolute Gasteiger partial charge is 0.342 e. The van der Waals surface area contributed by atoms with Crippen molar-refractivity contribution < 1.29 is 9.47 Å². The molecular weight excluding hydrogens is 302 g/mol. The van der Waals surface area contributed by atoms with Crippen molar-refractivity contribution in [1.82, 2.24) is 14.5 Å². The molecule has 0 unspecified atom stereocenters. The van der Waals surface area contributed by atoms with Crippen molar-refractivity contribution in [3.05, 3.63) is 48.0 Å². The predicted molar refractivity (Wildman–Crippen MR) is 83.7 cm³/mol. The monoisotopic (exact) mass is 317 g/mol. The van der Waals surface area contributed by atoms with Gasteiger partial charge in [0.1, 0.15) is 17.9 Å². The van der Waals surface area contributed by atoms with E-state index in [1.807, 2.05) is 32.2 Å². The lowest BCUT2D eigenvalue weighted by molar-refractivity contribution is -0.147. The van der Waals surface area contributed by atoms with Gasteiger partial charge in [0.15, 0.2) is 5.79 Å². The van der Waals surface area contributed by atoms with Crippen molar-refractivity contribution in [2.24, 2.45) is 0 Å². The minimum absolute atomic E-state index is 0.0109. The number of nitrogens with zero attached hydrogens (tertiary/aromatic N) is 3. The first kappa shape index (κ1) is 13.9. The topological polar surface area (TPSA) is 49.2 Å². The SMILES string of the molecule is C=CC1=C[C@@H](n2ccc3cnc(Cl)nc32)[C@@H]2OC(C)(C)O[C@H]12. The number of fused-ring (bicyclic) bond motifs is 2. The molecule has 2 aromatic heterocycles. The van der Waals surface area contributed by atoms with Crippen LogP contribution in [-0.2, 0) is 9.47 Å². The van der Waals surface area contributed by atoms with Gasteiger partial charge in [-0.3, -0.25) is 0 Å². The van der Waals surface area contributed by atoms with E-state index in [2.05, 4.69) is 27.2 Å². The van der Waals surface area contributed by atoms with E-state index in [4.69, 9.17) is 21.1 Å². The first-order valence-electron chi connectivity index (χ1n) is 7.17. The molecule has 0 aromatic carbocycles. The predicted octanol–water partition coefficient (Wildman–Crippen LogP) is 3.27. The molecule has 1 saturated heterocycles. The van der Waals surface area contributed by atoms with Gasteiger partial charge in [0.05, 0.1) is 6.04 Å². The van der Waals surface area contributed by atoms with E-state index in [9.17, 15) is 0 Å². The van der Waals surface area contributed by atoms with Crippen LogP contribution in [0, 0.1) is 0 Å². The van der Waals surface area contributed by atoms with Crippen LogP contribution in [0.1, 0.15) is 19.9 Å². The third kappa shape index (κ3) is 2.00. The Morgan fingerprint density at radius 3 is 3.00 bits per heavy atom. The standard InChI is InChI=1S/C16H16ClN3O2/c1-4-9-7-11(13-12(9)21-16(2,3)22-13)20-6-5-10-8-18-15(17)19-14(10)20/h4-8,11-13H,1H2,2-3H3/t11-,12-,13+/m1/s1. The second-order valence-electron chi connectivity index (χ2n) is 6.02. The second kappa shape index (κ2) is 4.65. The van der Waals surface area contributed by atoms with Gasteiger partial charge in [-0.2, -0.15) is 4.98 Å². The van der Waals surface area contributed by atoms with Crippen molar-refractivity contribution in [1.29, 1.82) is 0 Å². The molecule has 3 atom stereocenters. The Kier molecular flexibility index (Phi) is 2.95. The Balaban J connectivity index is 1.82. The molecule has 1 aliphatic heterocycles. The average Bonchev–Trinajstić information content (AvgIpc) is 3.09. The molecule has 0 radical (unpaired) electrons. The normalized spacial score (nSPS) is 29.6. The van der Waals surface area contributed by atoms with Crippen LogP contribution in [0.5, 0.6) is 0 Å². The molecule has 1 aliphatic carbocycles. The third-order valence-electron chi connectivity index (χ3n) is 4.14. The molecule has 5 nitrogen and oxygen atoms in total. The summed E-state index contributed by atoms with van der Waals surface area (Å²) in [5.74, 6) is -0.605. The molecule has 2 aromatic rings. The van der Waals surface area contributed by atoms with Crippen LogP contribution >= 0.6 is 11.6 Å². The summed E-state index contributed by atoms with van der Waals surface area (Å²) >= 11 is 5.94. The van der Waals surface area contributed by atoms with E-state index in [0.29, 0.717) is 0 Å². The molecule has 4 rings (SSSR count). The number of ether oxygens (including phenoxy) is 2. The molecule has 0 saturated carbocycles. The van der Waals surface area contributed by atoms with Crippen LogP contribution in [0.3, 0.4) is 0 Å². The van der Waals surface area contributed by atoms with Gasteiger partial charge < -0.3 is 14.0 Å². The van der Waals surface area contributed by atoms with Crippen LogP contribution in [0.2, 0.25) is 5.28 Å². The zero-order valence-corrected chi connectivity index (χ0v) is 13.1. The van der Waals surface area contributed by atoms with Gasteiger partial charge in [-0.15, -0.1) is 0 Å². The molecule has 1 fully saturated rings. The van der Waals surface area contributed by atoms with E-state index in [1.165, 1.54) is 0 Å². The molecule has 0 bridgehead atoms. The molecule has 0 amide bonds. The smallest absolute Gasteiger partial charge is 0.224 e. The lowest BCUT2D eigenvalue weighted by Crippen LogP contribution is -2.27. The van der Waals surface area contributed by atoms with Crippen molar-refractivity contribution in [2.45, 2.75) is 37.9 Å². The molecule has 22 heavy (non-hydrogen) atoms. The number of aromatic nitrogens is 3. The molecule has 6 heteroatoms. The summed E-state index contributed by atoms with van der Waals surface area (Å²) in [5, 5.41) is 1.18. The maximum Gasteiger partial charge on any atom is 0.224 e. The van der Waals surface area contributed by atoms with Gasteiger partial charge >= 0.3 is 0 Å². The Morgan fingerprint density at radius 2 is 2.23 bits per heavy atom. The van der Waals surface area contributed by atoms with Crippen LogP contribution in [-0.4, -0.2) is 32.5 Å². The number of rotatable bonds is 2. The maximum absolute atomic E-state index is 6.10. The first-order valence-corrected chi connectivity index (χ1v) is 7.55. The van der Waals surface area contributed by atoms with Crippen molar-refractivity contribution >= 4 is 22.6 Å². The highest BCUT2D eigenvalue weighted by molar-refractivity contribution is 6.28. The summed E-state index contributed by atoms with van der Waals surface area (Å²) < 4.78 is 14.2. The Hall–Kier alpha value is -1.69. The van der Waals surface area contributed by atoms with Gasteiger partial charge in [0.2, 0.25) is 5.28 Å². The van der Waals surface area contributed by atoms with Crippen LogP contribution < -0.4 is 0 Å². The Bertz CT molecular complexity index is 796. The van der Waals surface area contributed by atoms with Crippen LogP contribution in [0.4, 0.5) is 0 Å². The zero-order valence-electron chi connectivity index (χ0n) is 12.4. The third-order valence-corrected chi connectivity index (χ3v) is 4.32. The van der Waals surface area contributed by atoms with Gasteiger partial charge in [-0.05, 0) is 37.1 Å². The van der Waals surface area contributed by atoms with Crippen molar-refractivity contribution in [3.8, 4) is 0 Å². The summed E-state index contributed by atoms with van der Waals surface area (Å²) in [6.07, 6.45) is 7.44. The van der Waals surface area contributed by atoms with Crippen LogP contribution in [0.25, 0.3) is 11.0 Å². The fourth-order valence-electron chi connectivity index (χ4n) is 3.26. The van der Waals surface area contributed by atoms with Gasteiger partial charge in [-0.25, -0.2) is 4.98 Å². The summed E-state index contributed by atoms with van der Waals surface area (Å²) in [6, 6.07) is 1.96. The summed E-state index contributed by atoms with van der Waals surface area (Å²) in [6.45, 7) is 7.74. The Labute approximate surface area is 133 Å². The molecule has 3 heterocycles. The molecule has 0 N–H and O–H groups in total. The minimum atomic E-state index is -0.605. The quantitative estimate of drug-likeness (QED) is 0.798. The van der Waals surface area contributed by atoms with Crippen LogP contribution in [0.15, 0.2) is 42.8 Å². The van der Waals surface area contributed by atoms with Gasteiger partial charge in [0, 0.05) is 17.8 Å². The highest BCUT2D eigenvalue weighted by atomic mass is 35.5. The second-order valence-corrected chi connectivity index (χ2v) is 6.36. The fourth-order valence-corrected chi connectivity index (χ4v) is 3.39. The molecule has 0 spiro atoms. The van der Waals surface area contributed by atoms with Gasteiger partial charge in [0.25, 0.3) is 0 Å². The fraction of sp³-hybridized carbons (Fsp3) is 0.375. The highest BCUT2D eigenvalue weighted by Gasteiger charge is 2.50. The lowest BCUT2D eigenvalue weighted by Gasteiger charge is -2.22. The molecule has 114 valence electrons. The number of hydrogen-bond donors (Lipinski definition) is 0. The lowest BCUT2D eigenvalue weighted by atomic mass is 10.1. The van der Waals surface area contributed by atoms with E-state index in [-0.39, 0.29) is 23.5 Å². The Morgan fingerprint density at radius 1 is 1.41 bits per heavy atom. The van der Waals surface area contributed by atoms with E-state index < -0.39 is 5.79 Å². The summed E-state index contributed by atoms with van der Waals surface area (Å²) in [7, 11) is 0. The molecular formula is C16H16ClN3O2. The first-order chi connectivity index (χ1) is 10.5. The van der Waals surface area contributed by atoms with Gasteiger partial charge in [-0.1, -0.05) is 18.7 Å². The summed E-state index contributed by atoms with van der Waals surface area (Å²) in [4.78, 5) is 8.37. The van der Waals surface area contributed by atoms with Crippen molar-refractivity contribution in [3.63, 3.8) is 0 Å². The van der Waals surface area contributed by atoms with E-state index >= 15 is 0 Å². The summed E-state index contributed by atoms with van der Waals surface area (Å²) in [5.41, 5.74) is 1.83. The number of halogens is 1. The minimum Gasteiger partial charge on any atom is -0.342 e. The molecule has 2 aliphatic rings. The zero-order chi connectivity index (χ0) is 15.5. The maximum atomic E-state index is 6.10. The highest BCUT2D eigenvalue weighted by Crippen LogP contribution is 2.44.